The highest BCUT2D eigenvalue weighted by atomic mass is 35.5. The van der Waals surface area contributed by atoms with Crippen molar-refractivity contribution in [1.29, 1.82) is 0 Å². The van der Waals surface area contributed by atoms with Gasteiger partial charge in [-0.25, -0.2) is 0 Å². The van der Waals surface area contributed by atoms with Gasteiger partial charge in [-0.3, -0.25) is 25.2 Å². The summed E-state index contributed by atoms with van der Waals surface area (Å²) in [6, 6.07) is 6.34. The Bertz CT molecular complexity index is 688. The predicted octanol–water partition coefficient (Wildman–Crippen LogP) is 1.30. The third-order valence-electron chi connectivity index (χ3n) is 5.19. The van der Waals surface area contributed by atoms with E-state index in [1.54, 1.807) is 24.3 Å². The number of hydrogen-bond donors (Lipinski definition) is 2. The summed E-state index contributed by atoms with van der Waals surface area (Å²) < 4.78 is 5.31. The molecule has 1 aliphatic heterocycles. The van der Waals surface area contributed by atoms with Crippen molar-refractivity contribution in [2.45, 2.75) is 18.9 Å². The molecule has 4 rings (SSSR count). The molecule has 2 N–H and O–H groups in total. The fourth-order valence-corrected chi connectivity index (χ4v) is 4.36. The first-order chi connectivity index (χ1) is 11.0. The Morgan fingerprint density at radius 3 is 2.61 bits per heavy atom. The van der Waals surface area contributed by atoms with Gasteiger partial charge in [0, 0.05) is 16.5 Å². The number of carbonyl (C=O) groups excluding carboxylic acids is 3. The van der Waals surface area contributed by atoms with Gasteiger partial charge in [0.15, 0.2) is 0 Å². The Labute approximate surface area is 137 Å². The Morgan fingerprint density at radius 1 is 1.13 bits per heavy atom. The molecule has 7 heteroatoms. The standard InChI is InChI=1S/C16H15ClN2O4/c17-9-3-1-7(2-4-9)14(20)18-19-15(21)12-8-5-10-11(6-8)23-16(22)13(10)12/h1-4,8,10-13H,5-6H2,(H,18,20)(H,19,21)/t8-,10-,11-,12+,13+/m1/s1. The van der Waals surface area contributed by atoms with Gasteiger partial charge in [0.05, 0.1) is 11.8 Å². The average molecular weight is 335 g/mol. The molecule has 2 aliphatic carbocycles. The SMILES string of the molecule is O=C(NNC(=O)[C@H]1[C@@H]2C[C@H]3[C@@H]1C(=O)O[C@@H]3C2)c1ccc(Cl)cc1. The van der Waals surface area contributed by atoms with E-state index < -0.39 is 11.8 Å². The molecule has 1 aromatic carbocycles. The zero-order chi connectivity index (χ0) is 16.1. The van der Waals surface area contributed by atoms with Crippen molar-refractivity contribution in [3.05, 3.63) is 34.9 Å². The van der Waals surface area contributed by atoms with E-state index in [0.29, 0.717) is 10.6 Å². The second kappa shape index (κ2) is 5.23. The summed E-state index contributed by atoms with van der Waals surface area (Å²) in [6.07, 6.45) is 1.59. The Kier molecular flexibility index (Phi) is 3.30. The lowest BCUT2D eigenvalue weighted by Gasteiger charge is -2.23. The number of hydrogen-bond acceptors (Lipinski definition) is 4. The van der Waals surface area contributed by atoms with E-state index >= 15 is 0 Å². The largest absolute Gasteiger partial charge is 0.462 e. The van der Waals surface area contributed by atoms with Gasteiger partial charge in [-0.15, -0.1) is 0 Å². The predicted molar refractivity (Wildman–Crippen MR) is 80.1 cm³/mol. The van der Waals surface area contributed by atoms with Crippen LogP contribution in [0.4, 0.5) is 0 Å². The number of fused-ring (bicyclic) bond motifs is 1. The molecule has 2 amide bonds. The summed E-state index contributed by atoms with van der Waals surface area (Å²) in [4.78, 5) is 36.3. The van der Waals surface area contributed by atoms with E-state index in [1.165, 1.54) is 0 Å². The zero-order valence-corrected chi connectivity index (χ0v) is 12.9. The number of esters is 1. The molecule has 6 nitrogen and oxygen atoms in total. The smallest absolute Gasteiger partial charge is 0.310 e. The molecule has 1 saturated heterocycles. The maximum atomic E-state index is 12.4. The maximum absolute atomic E-state index is 12.4. The van der Waals surface area contributed by atoms with Crippen LogP contribution in [-0.4, -0.2) is 23.9 Å². The number of hydrazine groups is 1. The minimum atomic E-state index is -0.426. The van der Waals surface area contributed by atoms with Gasteiger partial charge < -0.3 is 4.74 Å². The summed E-state index contributed by atoms with van der Waals surface area (Å²) in [5, 5.41) is 0.530. The highest BCUT2D eigenvalue weighted by Crippen LogP contribution is 2.57. The van der Waals surface area contributed by atoms with Crippen LogP contribution >= 0.6 is 11.6 Å². The van der Waals surface area contributed by atoms with E-state index in [-0.39, 0.29) is 35.7 Å². The van der Waals surface area contributed by atoms with E-state index in [1.807, 2.05) is 0 Å². The van der Waals surface area contributed by atoms with Gasteiger partial charge in [0.2, 0.25) is 5.91 Å². The third-order valence-corrected chi connectivity index (χ3v) is 5.44. The second-order valence-electron chi connectivity index (χ2n) is 6.37. The number of amides is 2. The van der Waals surface area contributed by atoms with Crippen LogP contribution < -0.4 is 10.9 Å². The van der Waals surface area contributed by atoms with Crippen molar-refractivity contribution in [3.63, 3.8) is 0 Å². The van der Waals surface area contributed by atoms with E-state index in [2.05, 4.69) is 10.9 Å². The third kappa shape index (κ3) is 2.28. The van der Waals surface area contributed by atoms with Crippen molar-refractivity contribution in [1.82, 2.24) is 10.9 Å². The number of benzene rings is 1. The first-order valence-corrected chi connectivity index (χ1v) is 7.98. The molecule has 3 aliphatic rings. The molecule has 0 spiro atoms. The number of rotatable bonds is 2. The highest BCUT2D eigenvalue weighted by Gasteiger charge is 2.63. The lowest BCUT2D eigenvalue weighted by molar-refractivity contribution is -0.146. The van der Waals surface area contributed by atoms with Crippen LogP contribution in [0.2, 0.25) is 5.02 Å². The summed E-state index contributed by atoms with van der Waals surface area (Å²) in [6.45, 7) is 0. The average Bonchev–Trinajstić information content (AvgIpc) is 3.14. The normalized spacial score (nSPS) is 33.4. The molecule has 120 valence electrons. The van der Waals surface area contributed by atoms with Gasteiger partial charge in [0.25, 0.3) is 5.91 Å². The van der Waals surface area contributed by atoms with Crippen molar-refractivity contribution in [2.75, 3.05) is 0 Å². The zero-order valence-electron chi connectivity index (χ0n) is 12.1. The Hall–Kier alpha value is -2.08. The van der Waals surface area contributed by atoms with Gasteiger partial charge in [-0.1, -0.05) is 11.6 Å². The molecule has 2 saturated carbocycles. The highest BCUT2D eigenvalue weighted by molar-refractivity contribution is 6.30. The molecule has 1 heterocycles. The van der Waals surface area contributed by atoms with Gasteiger partial charge in [0.1, 0.15) is 6.10 Å². The van der Waals surface area contributed by atoms with Crippen molar-refractivity contribution < 1.29 is 19.1 Å². The summed E-state index contributed by atoms with van der Waals surface area (Å²) in [7, 11) is 0. The lowest BCUT2D eigenvalue weighted by atomic mass is 9.79. The minimum absolute atomic E-state index is 0.00907. The van der Waals surface area contributed by atoms with Crippen LogP contribution in [-0.2, 0) is 14.3 Å². The molecule has 5 atom stereocenters. The first kappa shape index (κ1) is 14.5. The van der Waals surface area contributed by atoms with Crippen LogP contribution in [0.1, 0.15) is 23.2 Å². The summed E-state index contributed by atoms with van der Waals surface area (Å²) in [5.74, 6) is -1.46. The molecule has 3 fully saturated rings. The number of nitrogens with one attached hydrogen (secondary N) is 2. The monoisotopic (exact) mass is 334 g/mol. The Morgan fingerprint density at radius 2 is 1.87 bits per heavy atom. The van der Waals surface area contributed by atoms with Crippen LogP contribution in [0.5, 0.6) is 0 Å². The molecular formula is C16H15ClN2O4. The molecule has 1 aromatic rings. The fourth-order valence-electron chi connectivity index (χ4n) is 4.24. The molecule has 23 heavy (non-hydrogen) atoms. The van der Waals surface area contributed by atoms with Crippen molar-refractivity contribution in [2.24, 2.45) is 23.7 Å². The Balaban J connectivity index is 1.40. The lowest BCUT2D eigenvalue weighted by Crippen LogP contribution is -2.48. The molecule has 0 aromatic heterocycles. The fraction of sp³-hybridized carbons (Fsp3) is 0.438. The first-order valence-electron chi connectivity index (χ1n) is 7.61. The van der Waals surface area contributed by atoms with Gasteiger partial charge >= 0.3 is 5.97 Å². The van der Waals surface area contributed by atoms with E-state index in [9.17, 15) is 14.4 Å². The van der Waals surface area contributed by atoms with Gasteiger partial charge in [-0.05, 0) is 43.0 Å². The van der Waals surface area contributed by atoms with Crippen LogP contribution in [0.3, 0.4) is 0 Å². The van der Waals surface area contributed by atoms with Crippen molar-refractivity contribution >= 4 is 29.4 Å². The van der Waals surface area contributed by atoms with E-state index in [4.69, 9.17) is 16.3 Å². The topological polar surface area (TPSA) is 84.5 Å². The number of ether oxygens (including phenoxy) is 1. The quantitative estimate of drug-likeness (QED) is 0.630. The summed E-state index contributed by atoms with van der Waals surface area (Å²) >= 11 is 5.77. The van der Waals surface area contributed by atoms with Crippen molar-refractivity contribution in [3.8, 4) is 0 Å². The minimum Gasteiger partial charge on any atom is -0.462 e. The molecular weight excluding hydrogens is 320 g/mol. The number of carbonyl (C=O) groups is 3. The maximum Gasteiger partial charge on any atom is 0.310 e. The number of halogens is 1. The second-order valence-corrected chi connectivity index (χ2v) is 6.81. The molecule has 0 radical (unpaired) electrons. The van der Waals surface area contributed by atoms with Crippen LogP contribution in [0, 0.1) is 23.7 Å². The van der Waals surface area contributed by atoms with E-state index in [0.717, 1.165) is 12.8 Å². The van der Waals surface area contributed by atoms with Gasteiger partial charge in [-0.2, -0.15) is 0 Å². The van der Waals surface area contributed by atoms with Crippen LogP contribution in [0.15, 0.2) is 24.3 Å². The molecule has 0 unspecified atom stereocenters. The van der Waals surface area contributed by atoms with Crippen LogP contribution in [0.25, 0.3) is 0 Å². The molecule has 2 bridgehead atoms. The summed E-state index contributed by atoms with van der Waals surface area (Å²) in [5.41, 5.74) is 5.23.